The Bertz CT molecular complexity index is 422. The molecule has 0 saturated heterocycles. The molecular weight excluding hydrogens is 208 g/mol. The van der Waals surface area contributed by atoms with Crippen LogP contribution in [0.15, 0.2) is 12.1 Å². The molecule has 88 valence electrons. The Morgan fingerprint density at radius 1 is 1.25 bits per heavy atom. The second-order valence-corrected chi connectivity index (χ2v) is 4.46. The lowest BCUT2D eigenvalue weighted by atomic mass is 10.1. The Hall–Kier alpha value is -1.91. The van der Waals surface area contributed by atoms with E-state index >= 15 is 0 Å². The maximum atomic E-state index is 11.7. The first kappa shape index (κ1) is 12.2. The molecule has 5 heteroatoms. The smallest absolute Gasteiger partial charge is 0.340 e. The quantitative estimate of drug-likeness (QED) is 0.381. The van der Waals surface area contributed by atoms with Gasteiger partial charge in [0.05, 0.1) is 16.9 Å². The molecule has 0 atom stereocenters. The molecular formula is C11H16N2O3. The van der Waals surface area contributed by atoms with Crippen LogP contribution in [0.3, 0.4) is 0 Å². The highest BCUT2D eigenvalue weighted by Gasteiger charge is 2.21. The fourth-order valence-corrected chi connectivity index (χ4v) is 1.14. The molecule has 5 N–H and O–H groups in total. The molecule has 1 rings (SSSR count). The van der Waals surface area contributed by atoms with Gasteiger partial charge in [-0.25, -0.2) is 4.79 Å². The van der Waals surface area contributed by atoms with Crippen LogP contribution >= 0.6 is 0 Å². The Balaban J connectivity index is 3.06. The summed E-state index contributed by atoms with van der Waals surface area (Å²) in [6.45, 7) is 5.26. The van der Waals surface area contributed by atoms with Crippen LogP contribution in [-0.4, -0.2) is 16.7 Å². The molecule has 0 spiro atoms. The van der Waals surface area contributed by atoms with Gasteiger partial charge in [0.2, 0.25) is 0 Å². The third-order valence-corrected chi connectivity index (χ3v) is 1.88. The van der Waals surface area contributed by atoms with Crippen LogP contribution in [0.25, 0.3) is 0 Å². The Labute approximate surface area is 94.0 Å². The van der Waals surface area contributed by atoms with Crippen molar-refractivity contribution in [1.29, 1.82) is 0 Å². The summed E-state index contributed by atoms with van der Waals surface area (Å²) in [6, 6.07) is 2.69. The van der Waals surface area contributed by atoms with E-state index in [0.29, 0.717) is 0 Å². The topological polar surface area (TPSA) is 98.6 Å². The van der Waals surface area contributed by atoms with Crippen molar-refractivity contribution >= 4 is 17.3 Å². The summed E-state index contributed by atoms with van der Waals surface area (Å²) in [7, 11) is 0. The molecule has 0 unspecified atom stereocenters. The number of esters is 1. The van der Waals surface area contributed by atoms with E-state index in [1.54, 1.807) is 20.8 Å². The van der Waals surface area contributed by atoms with Gasteiger partial charge in [-0.15, -0.1) is 0 Å². The van der Waals surface area contributed by atoms with Crippen LogP contribution in [0, 0.1) is 0 Å². The second-order valence-electron chi connectivity index (χ2n) is 4.46. The van der Waals surface area contributed by atoms with E-state index < -0.39 is 11.6 Å². The van der Waals surface area contributed by atoms with Gasteiger partial charge in [0.1, 0.15) is 11.4 Å². The predicted octanol–water partition coefficient (Wildman–Crippen LogP) is 1.51. The number of hydrogen-bond donors (Lipinski definition) is 3. The molecule has 0 fully saturated rings. The summed E-state index contributed by atoms with van der Waals surface area (Å²) in [5.41, 5.74) is 10.7. The van der Waals surface area contributed by atoms with Crippen molar-refractivity contribution in [1.82, 2.24) is 0 Å². The summed E-state index contributed by atoms with van der Waals surface area (Å²) < 4.78 is 5.14. The van der Waals surface area contributed by atoms with Crippen molar-refractivity contribution in [3.05, 3.63) is 17.7 Å². The maximum absolute atomic E-state index is 11.7. The van der Waals surface area contributed by atoms with E-state index in [2.05, 4.69) is 0 Å². The highest BCUT2D eigenvalue weighted by molar-refractivity contribution is 5.99. The van der Waals surface area contributed by atoms with Gasteiger partial charge in [0, 0.05) is 0 Å². The molecule has 0 bridgehead atoms. The van der Waals surface area contributed by atoms with Crippen LogP contribution in [0.5, 0.6) is 5.75 Å². The average Bonchev–Trinajstić information content (AvgIpc) is 2.11. The molecule has 0 aliphatic carbocycles. The lowest BCUT2D eigenvalue weighted by Gasteiger charge is -2.20. The lowest BCUT2D eigenvalue weighted by molar-refractivity contribution is 0.00709. The van der Waals surface area contributed by atoms with Crippen molar-refractivity contribution in [3.8, 4) is 5.75 Å². The van der Waals surface area contributed by atoms with Crippen LogP contribution < -0.4 is 11.5 Å². The number of benzene rings is 1. The number of phenols is 1. The summed E-state index contributed by atoms with van der Waals surface area (Å²) in [5, 5.41) is 9.28. The fourth-order valence-electron chi connectivity index (χ4n) is 1.14. The monoisotopic (exact) mass is 224 g/mol. The second kappa shape index (κ2) is 3.92. The minimum atomic E-state index is -0.601. The number of aromatic hydroxyl groups is 1. The molecule has 16 heavy (non-hydrogen) atoms. The first-order valence-corrected chi connectivity index (χ1v) is 4.82. The predicted molar refractivity (Wildman–Crippen MR) is 62.1 cm³/mol. The average molecular weight is 224 g/mol. The first-order chi connectivity index (χ1) is 7.22. The van der Waals surface area contributed by atoms with E-state index in [1.165, 1.54) is 12.1 Å². The first-order valence-electron chi connectivity index (χ1n) is 4.82. The van der Waals surface area contributed by atoms with Gasteiger partial charge >= 0.3 is 5.97 Å². The molecule has 0 heterocycles. The summed E-state index contributed by atoms with van der Waals surface area (Å²) in [5.74, 6) is -0.707. The third kappa shape index (κ3) is 2.56. The maximum Gasteiger partial charge on any atom is 0.340 e. The van der Waals surface area contributed by atoms with Gasteiger partial charge in [-0.3, -0.25) is 0 Å². The SMILES string of the molecule is CC(C)(C)OC(=O)c1ccc(O)c(N)c1N. The number of carbonyl (C=O) groups excluding carboxylic acids is 1. The number of nitrogen functional groups attached to an aromatic ring is 2. The van der Waals surface area contributed by atoms with E-state index in [-0.39, 0.29) is 22.7 Å². The largest absolute Gasteiger partial charge is 0.506 e. The minimum Gasteiger partial charge on any atom is -0.506 e. The number of anilines is 2. The zero-order valence-electron chi connectivity index (χ0n) is 9.57. The van der Waals surface area contributed by atoms with Gasteiger partial charge in [-0.1, -0.05) is 0 Å². The van der Waals surface area contributed by atoms with Crippen molar-refractivity contribution in [2.75, 3.05) is 11.5 Å². The molecule has 1 aromatic carbocycles. The fraction of sp³-hybridized carbons (Fsp3) is 0.364. The number of ether oxygens (including phenoxy) is 1. The number of phenolic OH excluding ortho intramolecular Hbond substituents is 1. The Morgan fingerprint density at radius 2 is 1.81 bits per heavy atom. The Morgan fingerprint density at radius 3 is 2.31 bits per heavy atom. The van der Waals surface area contributed by atoms with Gasteiger partial charge in [-0.2, -0.15) is 0 Å². The zero-order chi connectivity index (χ0) is 12.5. The molecule has 0 aliphatic rings. The zero-order valence-corrected chi connectivity index (χ0v) is 9.57. The highest BCUT2D eigenvalue weighted by Crippen LogP contribution is 2.30. The van der Waals surface area contributed by atoms with Crippen LogP contribution in [0.2, 0.25) is 0 Å². The van der Waals surface area contributed by atoms with E-state index in [4.69, 9.17) is 16.2 Å². The third-order valence-electron chi connectivity index (χ3n) is 1.88. The number of rotatable bonds is 1. The van der Waals surface area contributed by atoms with Crippen molar-refractivity contribution in [2.45, 2.75) is 26.4 Å². The van der Waals surface area contributed by atoms with Crippen LogP contribution in [0.4, 0.5) is 11.4 Å². The van der Waals surface area contributed by atoms with Gasteiger partial charge in [0.25, 0.3) is 0 Å². The number of carbonyl (C=O) groups is 1. The highest BCUT2D eigenvalue weighted by atomic mass is 16.6. The molecule has 0 aromatic heterocycles. The summed E-state index contributed by atoms with van der Waals surface area (Å²) in [4.78, 5) is 11.7. The standard InChI is InChI=1S/C11H16N2O3/c1-11(2,3)16-10(15)6-4-5-7(14)9(13)8(6)12/h4-5,14H,12-13H2,1-3H3. The summed E-state index contributed by atoms with van der Waals surface area (Å²) >= 11 is 0. The molecule has 0 aliphatic heterocycles. The van der Waals surface area contributed by atoms with Crippen molar-refractivity contribution in [2.24, 2.45) is 0 Å². The number of nitrogens with two attached hydrogens (primary N) is 2. The van der Waals surface area contributed by atoms with Gasteiger partial charge < -0.3 is 21.3 Å². The van der Waals surface area contributed by atoms with E-state index in [1.807, 2.05) is 0 Å². The Kier molecular flexibility index (Phi) is 2.98. The van der Waals surface area contributed by atoms with Crippen molar-refractivity contribution in [3.63, 3.8) is 0 Å². The molecule has 1 aromatic rings. The molecule has 0 radical (unpaired) electrons. The minimum absolute atomic E-state index is 0.0108. The van der Waals surface area contributed by atoms with Gasteiger partial charge in [-0.05, 0) is 32.9 Å². The van der Waals surface area contributed by atoms with Crippen molar-refractivity contribution < 1.29 is 14.6 Å². The molecule has 0 amide bonds. The molecule has 5 nitrogen and oxygen atoms in total. The number of hydrogen-bond acceptors (Lipinski definition) is 5. The lowest BCUT2D eigenvalue weighted by Crippen LogP contribution is -2.24. The van der Waals surface area contributed by atoms with Crippen LogP contribution in [0.1, 0.15) is 31.1 Å². The summed E-state index contributed by atoms with van der Waals surface area (Å²) in [6.07, 6.45) is 0. The van der Waals surface area contributed by atoms with Gasteiger partial charge in [0.15, 0.2) is 0 Å². The van der Waals surface area contributed by atoms with E-state index in [0.717, 1.165) is 0 Å². The normalized spacial score (nSPS) is 11.2. The molecule has 0 saturated carbocycles. The van der Waals surface area contributed by atoms with Crippen LogP contribution in [-0.2, 0) is 4.74 Å². The van der Waals surface area contributed by atoms with E-state index in [9.17, 15) is 9.90 Å².